The van der Waals surface area contributed by atoms with Gasteiger partial charge in [-0.2, -0.15) is 0 Å². The first kappa shape index (κ1) is 22.1. The molecule has 0 radical (unpaired) electrons. The van der Waals surface area contributed by atoms with E-state index in [1.54, 1.807) is 84.9 Å². The van der Waals surface area contributed by atoms with Crippen LogP contribution in [0.2, 0.25) is 0 Å². The number of benzene rings is 4. The molecule has 0 amide bonds. The highest BCUT2D eigenvalue weighted by Gasteiger charge is 2.14. The van der Waals surface area contributed by atoms with Gasteiger partial charge in [-0.05, 0) is 24.3 Å². The Labute approximate surface area is 202 Å². The van der Waals surface area contributed by atoms with Gasteiger partial charge in [0.05, 0.1) is 0 Å². The van der Waals surface area contributed by atoms with Gasteiger partial charge >= 0.3 is 0 Å². The maximum absolute atomic E-state index is 12.9. The highest BCUT2D eigenvalue weighted by molar-refractivity contribution is 9.10. The maximum atomic E-state index is 12.9. The average molecular weight is 548 g/mol. The van der Waals surface area contributed by atoms with E-state index in [-0.39, 0.29) is 17.3 Å². The minimum absolute atomic E-state index is 0.110. The van der Waals surface area contributed by atoms with Crippen LogP contribution in [0.5, 0.6) is 0 Å². The summed E-state index contributed by atoms with van der Waals surface area (Å²) in [5, 5.41) is 0. The predicted octanol–water partition coefficient (Wildman–Crippen LogP) is 6.90. The SMILES string of the molecule is O=C(c1ccc(C(=O)c2cccc(Br)c2)cc1)c1ccc(C(=O)c2cccc(Br)c2)cc1. The van der Waals surface area contributed by atoms with Crippen molar-refractivity contribution in [1.82, 2.24) is 0 Å². The van der Waals surface area contributed by atoms with Gasteiger partial charge in [0.15, 0.2) is 17.3 Å². The number of hydrogen-bond donors (Lipinski definition) is 0. The summed E-state index contributed by atoms with van der Waals surface area (Å²) < 4.78 is 1.66. The molecule has 0 aliphatic carbocycles. The Morgan fingerprint density at radius 2 is 0.688 bits per heavy atom. The van der Waals surface area contributed by atoms with Crippen molar-refractivity contribution >= 4 is 49.2 Å². The fourth-order valence-electron chi connectivity index (χ4n) is 3.31. The lowest BCUT2D eigenvalue weighted by molar-refractivity contribution is 0.102. The highest BCUT2D eigenvalue weighted by atomic mass is 79.9. The van der Waals surface area contributed by atoms with E-state index in [0.29, 0.717) is 33.4 Å². The molecule has 5 heteroatoms. The molecular weight excluding hydrogens is 532 g/mol. The molecule has 4 aromatic carbocycles. The second-order valence-corrected chi connectivity index (χ2v) is 8.99. The van der Waals surface area contributed by atoms with E-state index in [1.165, 1.54) is 0 Å². The van der Waals surface area contributed by atoms with E-state index in [1.807, 2.05) is 12.1 Å². The van der Waals surface area contributed by atoms with Crippen molar-refractivity contribution in [2.24, 2.45) is 0 Å². The molecule has 0 heterocycles. The van der Waals surface area contributed by atoms with Gasteiger partial charge in [0.2, 0.25) is 0 Å². The van der Waals surface area contributed by atoms with Crippen molar-refractivity contribution < 1.29 is 14.4 Å². The fourth-order valence-corrected chi connectivity index (χ4v) is 4.10. The molecular formula is C27H16Br2O3. The minimum Gasteiger partial charge on any atom is -0.289 e. The van der Waals surface area contributed by atoms with Crippen LogP contribution in [0.15, 0.2) is 106 Å². The van der Waals surface area contributed by atoms with E-state index in [4.69, 9.17) is 0 Å². The van der Waals surface area contributed by atoms with Gasteiger partial charge in [-0.3, -0.25) is 14.4 Å². The summed E-state index contributed by atoms with van der Waals surface area (Å²) in [4.78, 5) is 38.2. The second kappa shape index (κ2) is 9.55. The van der Waals surface area contributed by atoms with Gasteiger partial charge in [0.1, 0.15) is 0 Å². The Balaban J connectivity index is 1.51. The molecule has 0 aliphatic rings. The summed E-state index contributed by atoms with van der Waals surface area (Å²) in [7, 11) is 0. The quantitative estimate of drug-likeness (QED) is 0.246. The van der Waals surface area contributed by atoms with Crippen LogP contribution in [0, 0.1) is 0 Å². The van der Waals surface area contributed by atoms with Crippen LogP contribution in [-0.2, 0) is 0 Å². The molecule has 0 bridgehead atoms. The number of carbonyl (C=O) groups excluding carboxylic acids is 3. The van der Waals surface area contributed by atoms with Crippen LogP contribution < -0.4 is 0 Å². The monoisotopic (exact) mass is 546 g/mol. The van der Waals surface area contributed by atoms with Gasteiger partial charge < -0.3 is 0 Å². The standard InChI is InChI=1S/C27H16Br2O3/c28-23-5-1-3-21(15-23)26(31)19-11-7-17(8-12-19)25(30)18-9-13-20(14-10-18)27(32)22-4-2-6-24(29)16-22/h1-16H. The number of ketones is 3. The Hall–Kier alpha value is -3.15. The topological polar surface area (TPSA) is 51.2 Å². The van der Waals surface area contributed by atoms with Gasteiger partial charge in [-0.15, -0.1) is 0 Å². The van der Waals surface area contributed by atoms with E-state index in [9.17, 15) is 14.4 Å². The van der Waals surface area contributed by atoms with E-state index in [2.05, 4.69) is 31.9 Å². The summed E-state index contributed by atoms with van der Waals surface area (Å²) in [6.45, 7) is 0. The van der Waals surface area contributed by atoms with Gasteiger partial charge in [0, 0.05) is 42.3 Å². The maximum Gasteiger partial charge on any atom is 0.193 e. The van der Waals surface area contributed by atoms with Crippen molar-refractivity contribution in [3.05, 3.63) is 139 Å². The first-order valence-electron chi connectivity index (χ1n) is 9.78. The average Bonchev–Trinajstić information content (AvgIpc) is 2.83. The summed E-state index contributed by atoms with van der Waals surface area (Å²) in [5.41, 5.74) is 3.11. The van der Waals surface area contributed by atoms with Gasteiger partial charge in [0.25, 0.3) is 0 Å². The molecule has 4 rings (SSSR count). The summed E-state index contributed by atoms with van der Waals surface area (Å²) >= 11 is 6.74. The molecule has 0 saturated heterocycles. The molecule has 3 nitrogen and oxygen atoms in total. The molecule has 32 heavy (non-hydrogen) atoms. The molecule has 0 aromatic heterocycles. The number of rotatable bonds is 6. The van der Waals surface area contributed by atoms with E-state index >= 15 is 0 Å². The van der Waals surface area contributed by atoms with Crippen molar-refractivity contribution in [2.75, 3.05) is 0 Å². The lowest BCUT2D eigenvalue weighted by atomic mass is 9.97. The Kier molecular flexibility index (Phi) is 6.58. The third-order valence-corrected chi connectivity index (χ3v) is 5.98. The minimum atomic E-state index is -0.173. The number of halogens is 2. The first-order valence-corrected chi connectivity index (χ1v) is 11.4. The molecule has 0 atom stereocenters. The van der Waals surface area contributed by atoms with Crippen molar-refractivity contribution in [3.63, 3.8) is 0 Å². The molecule has 156 valence electrons. The molecule has 0 aliphatic heterocycles. The lowest BCUT2D eigenvalue weighted by Gasteiger charge is -2.06. The first-order chi connectivity index (χ1) is 15.4. The predicted molar refractivity (Wildman–Crippen MR) is 131 cm³/mol. The Bertz CT molecular complexity index is 1220. The molecule has 0 spiro atoms. The van der Waals surface area contributed by atoms with Crippen LogP contribution in [-0.4, -0.2) is 17.3 Å². The van der Waals surface area contributed by atoms with Crippen molar-refractivity contribution in [2.45, 2.75) is 0 Å². The van der Waals surface area contributed by atoms with E-state index < -0.39 is 0 Å². The second-order valence-electron chi connectivity index (χ2n) is 7.16. The number of hydrogen-bond acceptors (Lipinski definition) is 3. The highest BCUT2D eigenvalue weighted by Crippen LogP contribution is 2.19. The Morgan fingerprint density at radius 3 is 0.969 bits per heavy atom. The van der Waals surface area contributed by atoms with Crippen molar-refractivity contribution in [3.8, 4) is 0 Å². The molecule has 0 N–H and O–H groups in total. The third kappa shape index (κ3) is 4.85. The Morgan fingerprint density at radius 1 is 0.406 bits per heavy atom. The van der Waals surface area contributed by atoms with Gasteiger partial charge in [-0.1, -0.05) is 105 Å². The van der Waals surface area contributed by atoms with Crippen molar-refractivity contribution in [1.29, 1.82) is 0 Å². The number of carbonyl (C=O) groups is 3. The molecule has 0 fully saturated rings. The summed E-state index contributed by atoms with van der Waals surface area (Å²) in [5.74, 6) is -0.394. The normalized spacial score (nSPS) is 10.6. The van der Waals surface area contributed by atoms with Crippen LogP contribution in [0.4, 0.5) is 0 Å². The van der Waals surface area contributed by atoms with E-state index in [0.717, 1.165) is 8.95 Å². The van der Waals surface area contributed by atoms with Crippen LogP contribution in [0.3, 0.4) is 0 Å². The van der Waals surface area contributed by atoms with Gasteiger partial charge in [-0.25, -0.2) is 0 Å². The van der Waals surface area contributed by atoms with Crippen LogP contribution >= 0.6 is 31.9 Å². The zero-order valence-electron chi connectivity index (χ0n) is 16.7. The van der Waals surface area contributed by atoms with Crippen LogP contribution in [0.1, 0.15) is 47.8 Å². The summed E-state index contributed by atoms with van der Waals surface area (Å²) in [6.07, 6.45) is 0. The molecule has 4 aromatic rings. The smallest absolute Gasteiger partial charge is 0.193 e. The molecule has 0 saturated carbocycles. The zero-order chi connectivity index (χ0) is 22.7. The fraction of sp³-hybridized carbons (Fsp3) is 0. The lowest BCUT2D eigenvalue weighted by Crippen LogP contribution is -2.06. The summed E-state index contributed by atoms with van der Waals surface area (Å²) in [6, 6.07) is 27.6. The zero-order valence-corrected chi connectivity index (χ0v) is 19.9. The van der Waals surface area contributed by atoms with Crippen LogP contribution in [0.25, 0.3) is 0 Å². The molecule has 0 unspecified atom stereocenters. The largest absolute Gasteiger partial charge is 0.289 e. The third-order valence-electron chi connectivity index (χ3n) is 4.99.